The second-order valence-corrected chi connectivity index (χ2v) is 3.71. The van der Waals surface area contributed by atoms with Gasteiger partial charge in [0.2, 0.25) is 5.95 Å². The molecule has 2 amide bonds. The topological polar surface area (TPSA) is 101 Å². The number of hydrogen-bond donors (Lipinski definition) is 3. The first-order valence-electron chi connectivity index (χ1n) is 5.98. The van der Waals surface area contributed by atoms with Gasteiger partial charge in [0.05, 0.1) is 13.7 Å². The van der Waals surface area contributed by atoms with Crippen LogP contribution < -0.4 is 20.1 Å². The van der Waals surface area contributed by atoms with E-state index >= 15 is 0 Å². The molecule has 2 aromatic rings. The quantitative estimate of drug-likeness (QED) is 0.774. The van der Waals surface area contributed by atoms with Crippen molar-refractivity contribution in [2.24, 2.45) is 0 Å². The minimum atomic E-state index is -0.447. The lowest BCUT2D eigenvalue weighted by Crippen LogP contribution is -2.20. The van der Waals surface area contributed by atoms with Crippen molar-refractivity contribution in [3.05, 3.63) is 24.3 Å². The van der Waals surface area contributed by atoms with Crippen LogP contribution in [0.3, 0.4) is 0 Å². The summed E-state index contributed by atoms with van der Waals surface area (Å²) in [6, 6.07) is 6.74. The SMILES string of the molecule is CCOc1n[nH]c(NC(=O)Nc2cccc(OC)c2)n1. The Hall–Kier alpha value is -2.77. The highest BCUT2D eigenvalue weighted by molar-refractivity contribution is 5.98. The van der Waals surface area contributed by atoms with Crippen molar-refractivity contribution >= 4 is 17.7 Å². The summed E-state index contributed by atoms with van der Waals surface area (Å²) < 4.78 is 10.1. The van der Waals surface area contributed by atoms with Crippen molar-refractivity contribution in [1.82, 2.24) is 15.2 Å². The van der Waals surface area contributed by atoms with Gasteiger partial charge in [0.15, 0.2) is 0 Å². The summed E-state index contributed by atoms with van der Waals surface area (Å²) >= 11 is 0. The molecular formula is C12H15N5O3. The van der Waals surface area contributed by atoms with Crippen LogP contribution in [0.25, 0.3) is 0 Å². The summed E-state index contributed by atoms with van der Waals surface area (Å²) in [7, 11) is 1.56. The van der Waals surface area contributed by atoms with Crippen molar-refractivity contribution in [2.45, 2.75) is 6.92 Å². The highest BCUT2D eigenvalue weighted by atomic mass is 16.5. The lowest BCUT2D eigenvalue weighted by molar-refractivity contribution is 0.262. The summed E-state index contributed by atoms with van der Waals surface area (Å²) in [6.45, 7) is 2.27. The van der Waals surface area contributed by atoms with Gasteiger partial charge in [0, 0.05) is 11.8 Å². The number of carbonyl (C=O) groups is 1. The van der Waals surface area contributed by atoms with E-state index < -0.39 is 6.03 Å². The van der Waals surface area contributed by atoms with Gasteiger partial charge < -0.3 is 14.8 Å². The van der Waals surface area contributed by atoms with Crippen LogP contribution in [0.1, 0.15) is 6.92 Å². The second kappa shape index (κ2) is 6.41. The molecule has 8 nitrogen and oxygen atoms in total. The number of hydrogen-bond acceptors (Lipinski definition) is 5. The van der Waals surface area contributed by atoms with Crippen molar-refractivity contribution in [3.63, 3.8) is 0 Å². The van der Waals surface area contributed by atoms with E-state index in [4.69, 9.17) is 9.47 Å². The van der Waals surface area contributed by atoms with Gasteiger partial charge in [-0.2, -0.15) is 4.98 Å². The fourth-order valence-corrected chi connectivity index (χ4v) is 1.47. The van der Waals surface area contributed by atoms with Crippen molar-refractivity contribution in [3.8, 4) is 11.8 Å². The van der Waals surface area contributed by atoms with Crippen molar-refractivity contribution in [2.75, 3.05) is 24.4 Å². The van der Waals surface area contributed by atoms with E-state index in [1.54, 1.807) is 31.4 Å². The normalized spacial score (nSPS) is 9.90. The Kier molecular flexibility index (Phi) is 4.38. The Morgan fingerprint density at radius 2 is 2.25 bits per heavy atom. The third kappa shape index (κ3) is 3.61. The van der Waals surface area contributed by atoms with E-state index in [-0.39, 0.29) is 12.0 Å². The average molecular weight is 277 g/mol. The molecule has 20 heavy (non-hydrogen) atoms. The fourth-order valence-electron chi connectivity index (χ4n) is 1.47. The van der Waals surface area contributed by atoms with E-state index in [1.165, 1.54) is 0 Å². The molecule has 0 spiro atoms. The molecule has 1 aromatic carbocycles. The molecule has 0 atom stereocenters. The van der Waals surface area contributed by atoms with Crippen LogP contribution in [-0.4, -0.2) is 34.9 Å². The van der Waals surface area contributed by atoms with Gasteiger partial charge in [0.25, 0.3) is 0 Å². The van der Waals surface area contributed by atoms with Crippen LogP contribution in [0.15, 0.2) is 24.3 Å². The third-order valence-corrected chi connectivity index (χ3v) is 2.30. The highest BCUT2D eigenvalue weighted by Gasteiger charge is 2.08. The van der Waals surface area contributed by atoms with Crippen molar-refractivity contribution < 1.29 is 14.3 Å². The Balaban J connectivity index is 1.94. The molecule has 0 bridgehead atoms. The largest absolute Gasteiger partial charge is 0.497 e. The van der Waals surface area contributed by atoms with Crippen molar-refractivity contribution in [1.29, 1.82) is 0 Å². The van der Waals surface area contributed by atoms with Gasteiger partial charge in [-0.25, -0.2) is 9.89 Å². The maximum Gasteiger partial charge on any atom is 0.337 e. The molecule has 0 unspecified atom stereocenters. The molecule has 0 saturated heterocycles. The van der Waals surface area contributed by atoms with Crippen LogP contribution in [-0.2, 0) is 0 Å². The number of aromatic amines is 1. The molecule has 1 aromatic heterocycles. The Labute approximate surface area is 115 Å². The predicted octanol–water partition coefficient (Wildman–Crippen LogP) is 1.86. The summed E-state index contributed by atoms with van der Waals surface area (Å²) in [5.41, 5.74) is 0.603. The summed E-state index contributed by atoms with van der Waals surface area (Å²) in [6.07, 6.45) is 0. The molecule has 106 valence electrons. The number of aromatic nitrogens is 3. The molecule has 3 N–H and O–H groups in total. The minimum absolute atomic E-state index is 0.184. The number of rotatable bonds is 5. The predicted molar refractivity (Wildman–Crippen MR) is 73.2 cm³/mol. The van der Waals surface area contributed by atoms with Crippen LogP contribution in [0, 0.1) is 0 Å². The first-order valence-corrected chi connectivity index (χ1v) is 5.98. The zero-order chi connectivity index (χ0) is 14.4. The zero-order valence-electron chi connectivity index (χ0n) is 11.1. The molecular weight excluding hydrogens is 262 g/mol. The van der Waals surface area contributed by atoms with E-state index in [1.807, 2.05) is 6.92 Å². The smallest absolute Gasteiger partial charge is 0.337 e. The molecule has 2 rings (SSSR count). The van der Waals surface area contributed by atoms with E-state index in [0.717, 1.165) is 0 Å². The van der Waals surface area contributed by atoms with Crippen LogP contribution in [0.5, 0.6) is 11.8 Å². The molecule has 0 radical (unpaired) electrons. The lowest BCUT2D eigenvalue weighted by Gasteiger charge is -2.06. The van der Waals surface area contributed by atoms with Gasteiger partial charge in [-0.1, -0.05) is 6.07 Å². The zero-order valence-corrected chi connectivity index (χ0v) is 11.1. The third-order valence-electron chi connectivity index (χ3n) is 2.30. The van der Waals surface area contributed by atoms with Gasteiger partial charge >= 0.3 is 12.0 Å². The minimum Gasteiger partial charge on any atom is -0.497 e. The Morgan fingerprint density at radius 3 is 3.00 bits per heavy atom. The van der Waals surface area contributed by atoms with E-state index in [9.17, 15) is 4.79 Å². The number of benzene rings is 1. The first kappa shape index (κ1) is 13.7. The highest BCUT2D eigenvalue weighted by Crippen LogP contribution is 2.16. The molecule has 0 saturated carbocycles. The van der Waals surface area contributed by atoms with Gasteiger partial charge in [-0.3, -0.25) is 5.32 Å². The maximum absolute atomic E-state index is 11.8. The summed E-state index contributed by atoms with van der Waals surface area (Å²) in [4.78, 5) is 15.7. The number of urea groups is 1. The molecule has 0 fully saturated rings. The summed E-state index contributed by atoms with van der Waals surface area (Å²) in [5.74, 6) is 0.856. The standard InChI is InChI=1S/C12H15N5O3/c1-3-20-12-15-10(16-17-12)14-11(18)13-8-5-4-6-9(7-8)19-2/h4-7H,3H2,1-2H3,(H3,13,14,15,16,17,18). The molecule has 1 heterocycles. The number of methoxy groups -OCH3 is 1. The first-order chi connectivity index (χ1) is 9.71. The van der Waals surface area contributed by atoms with Gasteiger partial charge in [-0.05, 0) is 19.1 Å². The number of amides is 2. The molecule has 8 heteroatoms. The molecule has 0 aliphatic carbocycles. The molecule has 0 aliphatic heterocycles. The Bertz CT molecular complexity index is 584. The number of anilines is 2. The molecule has 0 aliphatic rings. The van der Waals surface area contributed by atoms with Gasteiger partial charge in [0.1, 0.15) is 5.75 Å². The number of carbonyl (C=O) groups excluding carboxylic acids is 1. The monoisotopic (exact) mass is 277 g/mol. The van der Waals surface area contributed by atoms with Crippen LogP contribution in [0.4, 0.5) is 16.4 Å². The number of nitrogens with one attached hydrogen (secondary N) is 3. The number of ether oxygens (including phenoxy) is 2. The van der Waals surface area contributed by atoms with Crippen LogP contribution in [0.2, 0.25) is 0 Å². The number of nitrogens with zero attached hydrogens (tertiary/aromatic N) is 2. The maximum atomic E-state index is 11.8. The van der Waals surface area contributed by atoms with E-state index in [2.05, 4.69) is 25.8 Å². The lowest BCUT2D eigenvalue weighted by atomic mass is 10.3. The number of H-pyrrole nitrogens is 1. The Morgan fingerprint density at radius 1 is 1.40 bits per heavy atom. The van der Waals surface area contributed by atoms with Crippen LogP contribution >= 0.6 is 0 Å². The second-order valence-electron chi connectivity index (χ2n) is 3.71. The summed E-state index contributed by atoms with van der Waals surface area (Å²) in [5, 5.41) is 11.5. The van der Waals surface area contributed by atoms with Gasteiger partial charge in [-0.15, -0.1) is 5.10 Å². The fraction of sp³-hybridized carbons (Fsp3) is 0.250. The average Bonchev–Trinajstić information content (AvgIpc) is 2.86. The van der Waals surface area contributed by atoms with E-state index in [0.29, 0.717) is 18.0 Å².